The van der Waals surface area contributed by atoms with Gasteiger partial charge in [0.25, 0.3) is 0 Å². The van der Waals surface area contributed by atoms with Gasteiger partial charge in [-0.05, 0) is 52.3 Å². The summed E-state index contributed by atoms with van der Waals surface area (Å²) in [5.74, 6) is 0. The Labute approximate surface area is 117 Å². The lowest BCUT2D eigenvalue weighted by Gasteiger charge is -2.22. The lowest BCUT2D eigenvalue weighted by molar-refractivity contribution is -0.137. The summed E-state index contributed by atoms with van der Waals surface area (Å²) in [7, 11) is 0. The summed E-state index contributed by atoms with van der Waals surface area (Å²) < 4.78 is 41.5. The van der Waals surface area contributed by atoms with Crippen LogP contribution in [0.2, 0.25) is 0 Å². The van der Waals surface area contributed by atoms with Crippen molar-refractivity contribution >= 4 is 11.9 Å². The van der Waals surface area contributed by atoms with Crippen LogP contribution in [-0.2, 0) is 6.18 Å². The molecule has 0 bridgehead atoms. The highest BCUT2D eigenvalue weighted by atomic mass is 32.2. The summed E-state index contributed by atoms with van der Waals surface area (Å²) in [6.45, 7) is 9.70. The quantitative estimate of drug-likeness (QED) is 0.777. The van der Waals surface area contributed by atoms with Gasteiger partial charge in [-0.15, -0.1) is 0 Å². The van der Waals surface area contributed by atoms with E-state index in [0.29, 0.717) is 11.1 Å². The number of halogens is 3. The molecule has 5 heteroatoms. The lowest BCUT2D eigenvalue weighted by Crippen LogP contribution is -2.20. The van der Waals surface area contributed by atoms with Gasteiger partial charge < -0.3 is 0 Å². The third kappa shape index (κ3) is 5.45. The fourth-order valence-corrected chi connectivity index (χ4v) is 2.23. The van der Waals surface area contributed by atoms with Crippen molar-refractivity contribution in [3.05, 3.63) is 34.9 Å². The van der Waals surface area contributed by atoms with Gasteiger partial charge in [0.05, 0.1) is 5.56 Å². The van der Waals surface area contributed by atoms with Gasteiger partial charge in [-0.2, -0.15) is 13.2 Å². The molecule has 1 nitrogen and oxygen atoms in total. The Morgan fingerprint density at radius 2 is 1.68 bits per heavy atom. The molecule has 19 heavy (non-hydrogen) atoms. The molecule has 0 radical (unpaired) electrons. The van der Waals surface area contributed by atoms with Crippen LogP contribution < -0.4 is 4.72 Å². The van der Waals surface area contributed by atoms with Crippen molar-refractivity contribution in [3.8, 4) is 0 Å². The second-order valence-corrected chi connectivity index (χ2v) is 7.35. The third-order valence-corrected chi connectivity index (χ3v) is 3.55. The van der Waals surface area contributed by atoms with Crippen LogP contribution in [0.3, 0.4) is 0 Å². The first-order valence-corrected chi connectivity index (χ1v) is 6.93. The van der Waals surface area contributed by atoms with E-state index in [4.69, 9.17) is 0 Å². The molecule has 0 amide bonds. The minimum absolute atomic E-state index is 0.0188. The van der Waals surface area contributed by atoms with E-state index in [1.54, 1.807) is 13.0 Å². The van der Waals surface area contributed by atoms with Crippen molar-refractivity contribution in [2.75, 3.05) is 0 Å². The van der Waals surface area contributed by atoms with Crippen LogP contribution in [0.15, 0.2) is 18.2 Å². The molecular formula is C14H20F3NS. The van der Waals surface area contributed by atoms with Gasteiger partial charge in [-0.25, -0.2) is 0 Å². The topological polar surface area (TPSA) is 12.0 Å². The SMILES string of the molecule is Cc1cc([C@@H](C)NSC(C)(C)C)cc(C(F)(F)F)c1. The average Bonchev–Trinajstić information content (AvgIpc) is 2.22. The first-order chi connectivity index (χ1) is 8.49. The van der Waals surface area contributed by atoms with E-state index in [-0.39, 0.29) is 10.8 Å². The molecule has 0 aliphatic carbocycles. The van der Waals surface area contributed by atoms with E-state index in [2.05, 4.69) is 25.5 Å². The molecule has 1 aromatic carbocycles. The highest BCUT2D eigenvalue weighted by Crippen LogP contribution is 2.32. The predicted molar refractivity (Wildman–Crippen MR) is 75.1 cm³/mol. The van der Waals surface area contributed by atoms with Gasteiger partial charge in [0.1, 0.15) is 0 Å². The Bertz CT molecular complexity index is 435. The molecule has 0 saturated heterocycles. The number of rotatable bonds is 3. The monoisotopic (exact) mass is 291 g/mol. The first-order valence-electron chi connectivity index (χ1n) is 6.11. The maximum atomic E-state index is 12.8. The molecule has 0 aliphatic rings. The average molecular weight is 291 g/mol. The van der Waals surface area contributed by atoms with Gasteiger partial charge in [0, 0.05) is 10.8 Å². The zero-order valence-corrected chi connectivity index (χ0v) is 12.7. The van der Waals surface area contributed by atoms with Crippen molar-refractivity contribution in [2.45, 2.75) is 51.6 Å². The molecule has 0 fully saturated rings. The number of hydrogen-bond donors (Lipinski definition) is 1. The maximum absolute atomic E-state index is 12.8. The molecule has 0 aliphatic heterocycles. The second-order valence-electron chi connectivity index (χ2n) is 5.68. The number of aryl methyl sites for hydroxylation is 1. The van der Waals surface area contributed by atoms with E-state index in [9.17, 15) is 13.2 Å². The van der Waals surface area contributed by atoms with Crippen LogP contribution in [0.5, 0.6) is 0 Å². The van der Waals surface area contributed by atoms with Crippen LogP contribution >= 0.6 is 11.9 Å². The Kier molecular flexibility index (Phi) is 4.96. The van der Waals surface area contributed by atoms with E-state index >= 15 is 0 Å². The van der Waals surface area contributed by atoms with E-state index in [1.807, 2.05) is 6.92 Å². The largest absolute Gasteiger partial charge is 0.416 e. The van der Waals surface area contributed by atoms with Crippen molar-refractivity contribution < 1.29 is 13.2 Å². The van der Waals surface area contributed by atoms with Gasteiger partial charge in [0.2, 0.25) is 0 Å². The summed E-state index contributed by atoms with van der Waals surface area (Å²) in [6, 6.07) is 4.04. The van der Waals surface area contributed by atoms with Crippen molar-refractivity contribution in [1.82, 2.24) is 4.72 Å². The van der Waals surface area contributed by atoms with Crippen molar-refractivity contribution in [3.63, 3.8) is 0 Å². The summed E-state index contributed by atoms with van der Waals surface area (Å²) in [4.78, 5) is 0. The standard InChI is InChI=1S/C14H20F3NS/c1-9-6-11(8-12(7-9)14(15,16)17)10(2)18-19-13(3,4)5/h6-8,10,18H,1-5H3/t10-/m1/s1. The molecule has 0 aromatic heterocycles. The number of hydrogen-bond acceptors (Lipinski definition) is 2. The van der Waals surface area contributed by atoms with E-state index in [0.717, 1.165) is 0 Å². The smallest absolute Gasteiger partial charge is 0.256 e. The molecular weight excluding hydrogens is 271 g/mol. The molecule has 0 heterocycles. The number of benzene rings is 1. The Hall–Kier alpha value is -0.680. The molecule has 1 rings (SSSR count). The molecule has 0 spiro atoms. The van der Waals surface area contributed by atoms with Crippen LogP contribution in [0.25, 0.3) is 0 Å². The highest BCUT2D eigenvalue weighted by molar-refractivity contribution is 7.98. The summed E-state index contributed by atoms with van der Waals surface area (Å²) in [6.07, 6.45) is -4.29. The normalized spacial score (nSPS) is 14.5. The summed E-state index contributed by atoms with van der Waals surface area (Å²) >= 11 is 1.52. The Balaban J connectivity index is 2.91. The number of alkyl halides is 3. The summed E-state index contributed by atoms with van der Waals surface area (Å²) in [5.41, 5.74) is 0.695. The first kappa shape index (κ1) is 16.4. The van der Waals surface area contributed by atoms with E-state index < -0.39 is 11.7 Å². The molecule has 108 valence electrons. The van der Waals surface area contributed by atoms with Crippen LogP contribution in [0, 0.1) is 6.92 Å². The molecule has 0 unspecified atom stereocenters. The fourth-order valence-electron chi connectivity index (χ4n) is 1.56. The van der Waals surface area contributed by atoms with Gasteiger partial charge in [-0.1, -0.05) is 23.6 Å². The zero-order valence-electron chi connectivity index (χ0n) is 11.9. The molecule has 0 saturated carbocycles. The maximum Gasteiger partial charge on any atom is 0.416 e. The Morgan fingerprint density at radius 3 is 2.16 bits per heavy atom. The zero-order chi connectivity index (χ0) is 14.8. The minimum Gasteiger partial charge on any atom is -0.256 e. The predicted octanol–water partition coefficient (Wildman–Crippen LogP) is 5.11. The lowest BCUT2D eigenvalue weighted by atomic mass is 10.0. The number of nitrogens with one attached hydrogen (secondary N) is 1. The minimum atomic E-state index is -4.29. The summed E-state index contributed by atoms with van der Waals surface area (Å²) in [5, 5.41) is 0. The fraction of sp³-hybridized carbons (Fsp3) is 0.571. The molecule has 1 atom stereocenters. The van der Waals surface area contributed by atoms with Crippen LogP contribution in [0.4, 0.5) is 13.2 Å². The van der Waals surface area contributed by atoms with E-state index in [1.165, 1.54) is 24.1 Å². The van der Waals surface area contributed by atoms with Gasteiger partial charge in [-0.3, -0.25) is 4.72 Å². The van der Waals surface area contributed by atoms with Crippen molar-refractivity contribution in [2.24, 2.45) is 0 Å². The molecule has 1 N–H and O–H groups in total. The second kappa shape index (κ2) is 5.75. The third-order valence-electron chi connectivity index (χ3n) is 2.47. The highest BCUT2D eigenvalue weighted by Gasteiger charge is 2.31. The van der Waals surface area contributed by atoms with Gasteiger partial charge >= 0.3 is 6.18 Å². The van der Waals surface area contributed by atoms with Crippen molar-refractivity contribution in [1.29, 1.82) is 0 Å². The van der Waals surface area contributed by atoms with Crippen LogP contribution in [0.1, 0.15) is 50.4 Å². The molecule has 1 aromatic rings. The Morgan fingerprint density at radius 1 is 1.11 bits per heavy atom. The van der Waals surface area contributed by atoms with Crippen LogP contribution in [-0.4, -0.2) is 4.75 Å². The van der Waals surface area contributed by atoms with Gasteiger partial charge in [0.15, 0.2) is 0 Å².